The lowest BCUT2D eigenvalue weighted by Crippen LogP contribution is -2.35. The molecular formula is C18H17FN2O2S. The van der Waals surface area contributed by atoms with Gasteiger partial charge in [0.25, 0.3) is 11.1 Å². The molecule has 0 unspecified atom stereocenters. The maximum atomic E-state index is 13.1. The van der Waals surface area contributed by atoms with E-state index in [0.29, 0.717) is 17.4 Å². The van der Waals surface area contributed by atoms with Gasteiger partial charge in [-0.1, -0.05) is 30.4 Å². The van der Waals surface area contributed by atoms with Gasteiger partial charge in [-0.05, 0) is 42.8 Å². The number of ether oxygens (including phenoxy) is 1. The highest BCUT2D eigenvalue weighted by Crippen LogP contribution is 2.27. The molecule has 124 valence electrons. The predicted octanol–water partition coefficient (Wildman–Crippen LogP) is 4.26. The Bertz CT molecular complexity index is 799. The molecule has 0 atom stereocenters. The average molecular weight is 344 g/mol. The molecule has 2 aromatic carbocycles. The molecule has 0 fully saturated rings. The second-order valence-corrected chi connectivity index (χ2v) is 6.25. The molecule has 3 rings (SSSR count). The van der Waals surface area contributed by atoms with Crippen molar-refractivity contribution in [2.75, 3.05) is 18.1 Å². The minimum atomic E-state index is -0.326. The Labute approximate surface area is 143 Å². The van der Waals surface area contributed by atoms with Crippen LogP contribution in [0.5, 0.6) is 5.19 Å². The summed E-state index contributed by atoms with van der Waals surface area (Å²) in [4.78, 5) is 18.4. The van der Waals surface area contributed by atoms with E-state index in [4.69, 9.17) is 4.74 Å². The lowest BCUT2D eigenvalue weighted by Gasteiger charge is -2.22. The van der Waals surface area contributed by atoms with Gasteiger partial charge in [0.2, 0.25) is 0 Å². The number of fused-ring (bicyclic) bond motifs is 1. The molecule has 0 radical (unpaired) electrons. The van der Waals surface area contributed by atoms with Gasteiger partial charge in [-0.25, -0.2) is 9.37 Å². The lowest BCUT2D eigenvalue weighted by atomic mass is 10.2. The Morgan fingerprint density at radius 3 is 2.67 bits per heavy atom. The average Bonchev–Trinajstić information content (AvgIpc) is 3.01. The number of amides is 1. The molecule has 0 aliphatic carbocycles. The first kappa shape index (κ1) is 16.4. The molecule has 24 heavy (non-hydrogen) atoms. The van der Waals surface area contributed by atoms with Crippen molar-refractivity contribution in [3.63, 3.8) is 0 Å². The van der Waals surface area contributed by atoms with Gasteiger partial charge >= 0.3 is 0 Å². The normalized spacial score (nSPS) is 10.8. The van der Waals surface area contributed by atoms with Crippen LogP contribution in [0.25, 0.3) is 10.2 Å². The largest absolute Gasteiger partial charge is 0.460 e. The minimum Gasteiger partial charge on any atom is -0.460 e. The third-order valence-electron chi connectivity index (χ3n) is 3.48. The predicted molar refractivity (Wildman–Crippen MR) is 94.2 cm³/mol. The topological polar surface area (TPSA) is 42.4 Å². The van der Waals surface area contributed by atoms with Crippen molar-refractivity contribution in [2.45, 2.75) is 13.3 Å². The molecule has 6 heteroatoms. The van der Waals surface area contributed by atoms with Gasteiger partial charge in [-0.2, -0.15) is 0 Å². The van der Waals surface area contributed by atoms with Crippen molar-refractivity contribution in [2.24, 2.45) is 0 Å². The number of aromatic nitrogens is 1. The van der Waals surface area contributed by atoms with Gasteiger partial charge < -0.3 is 9.64 Å². The van der Waals surface area contributed by atoms with Gasteiger partial charge in [-0.15, -0.1) is 0 Å². The Hall–Kier alpha value is -2.47. The standard InChI is InChI=1S/C18H17FN2O2S/c1-2-11-21(14-9-7-13(19)8-10-14)17(22)12-23-18-20-15-5-3-4-6-16(15)24-18/h3-10H,2,11-12H2,1H3. The molecule has 0 spiro atoms. The van der Waals surface area contributed by atoms with Crippen LogP contribution in [0.2, 0.25) is 0 Å². The summed E-state index contributed by atoms with van der Waals surface area (Å²) in [7, 11) is 0. The van der Waals surface area contributed by atoms with E-state index in [2.05, 4.69) is 4.98 Å². The number of rotatable bonds is 6. The molecule has 0 N–H and O–H groups in total. The number of thiazole rings is 1. The first-order chi connectivity index (χ1) is 11.7. The van der Waals surface area contributed by atoms with Crippen LogP contribution in [-0.4, -0.2) is 24.0 Å². The maximum absolute atomic E-state index is 13.1. The Morgan fingerprint density at radius 2 is 1.96 bits per heavy atom. The minimum absolute atomic E-state index is 0.100. The summed E-state index contributed by atoms with van der Waals surface area (Å²) in [6, 6.07) is 13.6. The van der Waals surface area contributed by atoms with E-state index in [0.717, 1.165) is 16.6 Å². The Kier molecular flexibility index (Phi) is 5.05. The summed E-state index contributed by atoms with van der Waals surface area (Å²) in [5.74, 6) is -0.504. The van der Waals surface area contributed by atoms with E-state index in [1.807, 2.05) is 31.2 Å². The fraction of sp³-hybridized carbons (Fsp3) is 0.222. The van der Waals surface area contributed by atoms with E-state index in [1.54, 1.807) is 17.0 Å². The summed E-state index contributed by atoms with van der Waals surface area (Å²) in [5, 5.41) is 0.472. The number of para-hydroxylation sites is 1. The van der Waals surface area contributed by atoms with E-state index >= 15 is 0 Å². The third kappa shape index (κ3) is 3.71. The van der Waals surface area contributed by atoms with Gasteiger partial charge in [0, 0.05) is 12.2 Å². The number of benzene rings is 2. The van der Waals surface area contributed by atoms with Crippen LogP contribution in [-0.2, 0) is 4.79 Å². The highest BCUT2D eigenvalue weighted by molar-refractivity contribution is 7.20. The van der Waals surface area contributed by atoms with Crippen LogP contribution in [0.1, 0.15) is 13.3 Å². The van der Waals surface area contributed by atoms with Crippen molar-refractivity contribution >= 4 is 33.1 Å². The molecule has 1 amide bonds. The second-order valence-electron chi connectivity index (χ2n) is 5.26. The molecule has 0 bridgehead atoms. The first-order valence-electron chi connectivity index (χ1n) is 7.71. The number of anilines is 1. The SMILES string of the molecule is CCCN(C(=O)COc1nc2ccccc2s1)c1ccc(F)cc1. The molecule has 3 aromatic rings. The summed E-state index contributed by atoms with van der Waals surface area (Å²) in [6.07, 6.45) is 0.796. The van der Waals surface area contributed by atoms with Crippen LogP contribution in [0.15, 0.2) is 48.5 Å². The Balaban J connectivity index is 1.70. The quantitative estimate of drug-likeness (QED) is 0.671. The lowest BCUT2D eigenvalue weighted by molar-refractivity contribution is -0.120. The smallest absolute Gasteiger partial charge is 0.274 e. The zero-order valence-corrected chi connectivity index (χ0v) is 14.1. The number of halogens is 1. The first-order valence-corrected chi connectivity index (χ1v) is 8.53. The molecule has 0 aliphatic heterocycles. The number of carbonyl (C=O) groups excluding carboxylic acids is 1. The van der Waals surface area contributed by atoms with Crippen LogP contribution < -0.4 is 9.64 Å². The van der Waals surface area contributed by atoms with Crippen molar-refractivity contribution in [3.05, 3.63) is 54.3 Å². The molecule has 1 aromatic heterocycles. The Morgan fingerprint density at radius 1 is 1.21 bits per heavy atom. The van der Waals surface area contributed by atoms with Crippen LogP contribution in [0.4, 0.5) is 10.1 Å². The van der Waals surface area contributed by atoms with E-state index in [9.17, 15) is 9.18 Å². The summed E-state index contributed by atoms with van der Waals surface area (Å²) < 4.78 is 19.7. The molecular weight excluding hydrogens is 327 g/mol. The van der Waals surface area contributed by atoms with Crippen LogP contribution in [0.3, 0.4) is 0 Å². The zero-order valence-electron chi connectivity index (χ0n) is 13.2. The van der Waals surface area contributed by atoms with E-state index in [1.165, 1.54) is 23.5 Å². The number of carbonyl (C=O) groups is 1. The zero-order chi connectivity index (χ0) is 16.9. The van der Waals surface area contributed by atoms with Gasteiger partial charge in [0.1, 0.15) is 5.82 Å². The van der Waals surface area contributed by atoms with Crippen molar-refractivity contribution in [3.8, 4) is 5.19 Å². The number of hydrogen-bond donors (Lipinski definition) is 0. The van der Waals surface area contributed by atoms with Crippen LogP contribution in [0, 0.1) is 5.82 Å². The number of nitrogens with zero attached hydrogens (tertiary/aromatic N) is 2. The van der Waals surface area contributed by atoms with E-state index < -0.39 is 0 Å². The molecule has 0 saturated carbocycles. The molecule has 0 saturated heterocycles. The molecule has 0 aliphatic rings. The fourth-order valence-corrected chi connectivity index (χ4v) is 3.17. The van der Waals surface area contributed by atoms with Gasteiger partial charge in [0.15, 0.2) is 6.61 Å². The molecule has 4 nitrogen and oxygen atoms in total. The monoisotopic (exact) mass is 344 g/mol. The highest BCUT2D eigenvalue weighted by Gasteiger charge is 2.16. The third-order valence-corrected chi connectivity index (χ3v) is 4.43. The summed E-state index contributed by atoms with van der Waals surface area (Å²) in [6.45, 7) is 2.43. The van der Waals surface area contributed by atoms with Crippen molar-refractivity contribution < 1.29 is 13.9 Å². The highest BCUT2D eigenvalue weighted by atomic mass is 32.1. The second kappa shape index (κ2) is 7.40. The van der Waals surface area contributed by atoms with Crippen LogP contribution >= 0.6 is 11.3 Å². The fourth-order valence-electron chi connectivity index (χ4n) is 2.36. The summed E-state index contributed by atoms with van der Waals surface area (Å²) >= 11 is 1.41. The van der Waals surface area contributed by atoms with Gasteiger partial charge in [0.05, 0.1) is 10.2 Å². The number of hydrogen-bond acceptors (Lipinski definition) is 4. The maximum Gasteiger partial charge on any atom is 0.274 e. The van der Waals surface area contributed by atoms with E-state index in [-0.39, 0.29) is 18.3 Å². The molecule has 1 heterocycles. The van der Waals surface area contributed by atoms with Gasteiger partial charge in [-0.3, -0.25) is 4.79 Å². The van der Waals surface area contributed by atoms with Crippen molar-refractivity contribution in [1.82, 2.24) is 4.98 Å². The van der Waals surface area contributed by atoms with Crippen molar-refractivity contribution in [1.29, 1.82) is 0 Å². The summed E-state index contributed by atoms with van der Waals surface area (Å²) in [5.41, 5.74) is 1.52.